The molecule has 0 aliphatic heterocycles. The zero-order valence-corrected chi connectivity index (χ0v) is 11.9. The van der Waals surface area contributed by atoms with Gasteiger partial charge < -0.3 is 9.84 Å². The van der Waals surface area contributed by atoms with Crippen molar-refractivity contribution >= 4 is 5.97 Å². The van der Waals surface area contributed by atoms with Crippen LogP contribution in [0.4, 0.5) is 0 Å². The van der Waals surface area contributed by atoms with E-state index in [0.29, 0.717) is 13.0 Å². The van der Waals surface area contributed by atoms with Crippen LogP contribution in [0.5, 0.6) is 0 Å². The second-order valence-electron chi connectivity index (χ2n) is 4.82. The van der Waals surface area contributed by atoms with Gasteiger partial charge in [0, 0.05) is 13.0 Å². The van der Waals surface area contributed by atoms with Gasteiger partial charge in [0.05, 0.1) is 0 Å². The van der Waals surface area contributed by atoms with E-state index in [-0.39, 0.29) is 0 Å². The van der Waals surface area contributed by atoms with Gasteiger partial charge in [-0.1, -0.05) is 44.5 Å². The third-order valence-corrected chi connectivity index (χ3v) is 3.06. The normalized spacial score (nSPS) is 12.3. The third kappa shape index (κ3) is 5.88. The van der Waals surface area contributed by atoms with Crippen molar-refractivity contribution < 1.29 is 14.6 Å². The molecule has 0 saturated carbocycles. The topological polar surface area (TPSA) is 46.5 Å². The van der Waals surface area contributed by atoms with Gasteiger partial charge in [0.1, 0.15) is 0 Å². The Morgan fingerprint density at radius 3 is 2.32 bits per heavy atom. The van der Waals surface area contributed by atoms with Crippen LogP contribution in [0.25, 0.3) is 0 Å². The van der Waals surface area contributed by atoms with Crippen molar-refractivity contribution in [3.63, 3.8) is 0 Å². The third-order valence-electron chi connectivity index (χ3n) is 3.06. The molecule has 0 bridgehead atoms. The molecular weight excluding hydrogens is 240 g/mol. The van der Waals surface area contributed by atoms with Crippen molar-refractivity contribution in [2.75, 3.05) is 6.61 Å². The zero-order chi connectivity index (χ0) is 14.1. The van der Waals surface area contributed by atoms with E-state index in [9.17, 15) is 4.79 Å². The molecule has 1 atom stereocenters. The first-order chi connectivity index (χ1) is 9.17. The lowest BCUT2D eigenvalue weighted by Gasteiger charge is -2.13. The molecule has 0 radical (unpaired) electrons. The van der Waals surface area contributed by atoms with E-state index in [0.717, 1.165) is 18.4 Å². The number of aryl methyl sites for hydroxylation is 1. The van der Waals surface area contributed by atoms with Crippen LogP contribution >= 0.6 is 0 Å². The number of aliphatic carboxylic acids is 1. The number of rotatable bonds is 9. The number of ether oxygens (including phenoxy) is 1. The number of carboxylic acid groups (broad SMARTS) is 1. The number of hydrogen-bond donors (Lipinski definition) is 1. The zero-order valence-electron chi connectivity index (χ0n) is 11.9. The van der Waals surface area contributed by atoms with E-state index in [2.05, 4.69) is 19.1 Å². The van der Waals surface area contributed by atoms with Crippen LogP contribution in [0.3, 0.4) is 0 Å². The highest BCUT2D eigenvalue weighted by Crippen LogP contribution is 2.11. The molecule has 0 spiro atoms. The van der Waals surface area contributed by atoms with Crippen molar-refractivity contribution in [3.05, 3.63) is 35.4 Å². The molecule has 19 heavy (non-hydrogen) atoms. The molecule has 0 aliphatic rings. The molecule has 3 heteroatoms. The van der Waals surface area contributed by atoms with Gasteiger partial charge in [-0.05, 0) is 30.4 Å². The highest BCUT2D eigenvalue weighted by Gasteiger charge is 2.18. The molecule has 0 unspecified atom stereocenters. The van der Waals surface area contributed by atoms with Gasteiger partial charge in [0.15, 0.2) is 6.10 Å². The van der Waals surface area contributed by atoms with Crippen molar-refractivity contribution in [2.45, 2.75) is 52.1 Å². The van der Waals surface area contributed by atoms with E-state index in [1.807, 2.05) is 19.1 Å². The number of carboxylic acids is 1. The average molecular weight is 264 g/mol. The lowest BCUT2D eigenvalue weighted by atomic mass is 10.0. The van der Waals surface area contributed by atoms with Gasteiger partial charge in [-0.2, -0.15) is 0 Å². The van der Waals surface area contributed by atoms with Crippen molar-refractivity contribution in [3.8, 4) is 0 Å². The first-order valence-electron chi connectivity index (χ1n) is 7.09. The maximum atomic E-state index is 11.1. The summed E-state index contributed by atoms with van der Waals surface area (Å²) in [4.78, 5) is 11.1. The Hall–Kier alpha value is -1.35. The molecule has 1 aromatic rings. The number of carbonyl (C=O) groups is 1. The Labute approximate surface area is 115 Å². The van der Waals surface area contributed by atoms with Crippen LogP contribution in [-0.4, -0.2) is 23.8 Å². The molecular formula is C16H24O3. The molecule has 0 fully saturated rings. The summed E-state index contributed by atoms with van der Waals surface area (Å²) >= 11 is 0. The molecule has 106 valence electrons. The summed E-state index contributed by atoms with van der Waals surface area (Å²) in [7, 11) is 0. The lowest BCUT2D eigenvalue weighted by molar-refractivity contribution is -0.150. The van der Waals surface area contributed by atoms with Gasteiger partial charge in [0.25, 0.3) is 0 Å². The summed E-state index contributed by atoms with van der Waals surface area (Å²) < 4.78 is 5.35. The van der Waals surface area contributed by atoms with Gasteiger partial charge in [0.2, 0.25) is 0 Å². The molecule has 0 aliphatic carbocycles. The fourth-order valence-electron chi connectivity index (χ4n) is 1.91. The maximum absolute atomic E-state index is 11.1. The molecule has 1 N–H and O–H groups in total. The van der Waals surface area contributed by atoms with Gasteiger partial charge >= 0.3 is 5.97 Å². The minimum atomic E-state index is -0.886. The van der Waals surface area contributed by atoms with Crippen LogP contribution in [0.2, 0.25) is 0 Å². The van der Waals surface area contributed by atoms with Crippen molar-refractivity contribution in [1.82, 2.24) is 0 Å². The second kappa shape index (κ2) is 8.70. The van der Waals surface area contributed by atoms with Crippen LogP contribution in [0.15, 0.2) is 24.3 Å². The summed E-state index contributed by atoms with van der Waals surface area (Å²) in [6, 6.07) is 8.19. The Morgan fingerprint density at radius 1 is 1.16 bits per heavy atom. The summed E-state index contributed by atoms with van der Waals surface area (Å²) in [6.07, 6.45) is 4.00. The minimum Gasteiger partial charge on any atom is -0.479 e. The highest BCUT2D eigenvalue weighted by atomic mass is 16.5. The first kappa shape index (κ1) is 15.7. The van der Waals surface area contributed by atoms with E-state index >= 15 is 0 Å². The summed E-state index contributed by atoms with van der Waals surface area (Å²) in [5.74, 6) is -0.886. The number of hydrogen-bond acceptors (Lipinski definition) is 2. The summed E-state index contributed by atoms with van der Waals surface area (Å²) in [5.41, 5.74) is 2.33. The Balaban J connectivity index is 2.56. The molecule has 0 saturated heterocycles. The SMILES string of the molecule is CCCCc1ccc(C[C@@H](OCCC)C(=O)O)cc1. The van der Waals surface area contributed by atoms with Gasteiger partial charge in [-0.15, -0.1) is 0 Å². The monoisotopic (exact) mass is 264 g/mol. The number of benzene rings is 1. The van der Waals surface area contributed by atoms with E-state index < -0.39 is 12.1 Å². The van der Waals surface area contributed by atoms with Crippen LogP contribution in [0.1, 0.15) is 44.2 Å². The largest absolute Gasteiger partial charge is 0.479 e. The molecule has 0 heterocycles. The molecule has 1 aromatic carbocycles. The summed E-state index contributed by atoms with van der Waals surface area (Å²) in [6.45, 7) is 4.64. The molecule has 0 amide bonds. The minimum absolute atomic E-state index is 0.434. The van der Waals surface area contributed by atoms with Crippen molar-refractivity contribution in [1.29, 1.82) is 0 Å². The first-order valence-corrected chi connectivity index (χ1v) is 7.09. The van der Waals surface area contributed by atoms with E-state index in [1.165, 1.54) is 18.4 Å². The quantitative estimate of drug-likeness (QED) is 0.743. The average Bonchev–Trinajstić information content (AvgIpc) is 2.42. The fourth-order valence-corrected chi connectivity index (χ4v) is 1.91. The second-order valence-corrected chi connectivity index (χ2v) is 4.82. The predicted molar refractivity (Wildman–Crippen MR) is 76.4 cm³/mol. The van der Waals surface area contributed by atoms with Crippen LogP contribution in [-0.2, 0) is 22.4 Å². The predicted octanol–water partition coefficient (Wildman–Crippen LogP) is 3.45. The lowest BCUT2D eigenvalue weighted by Crippen LogP contribution is -2.26. The van der Waals surface area contributed by atoms with Crippen LogP contribution in [0, 0.1) is 0 Å². The molecule has 1 rings (SSSR count). The number of unbranched alkanes of at least 4 members (excludes halogenated alkanes) is 1. The molecule has 0 aromatic heterocycles. The fraction of sp³-hybridized carbons (Fsp3) is 0.562. The Morgan fingerprint density at radius 2 is 1.79 bits per heavy atom. The maximum Gasteiger partial charge on any atom is 0.333 e. The Bertz CT molecular complexity index is 370. The van der Waals surface area contributed by atoms with Gasteiger partial charge in [-0.25, -0.2) is 4.79 Å². The standard InChI is InChI=1S/C16H24O3/c1-3-5-6-13-7-9-14(10-8-13)12-15(16(17)18)19-11-4-2/h7-10,15H,3-6,11-12H2,1-2H3,(H,17,18)/t15-/m1/s1. The smallest absolute Gasteiger partial charge is 0.333 e. The molecule has 3 nitrogen and oxygen atoms in total. The van der Waals surface area contributed by atoms with Gasteiger partial charge in [-0.3, -0.25) is 0 Å². The van der Waals surface area contributed by atoms with E-state index in [1.54, 1.807) is 0 Å². The summed E-state index contributed by atoms with van der Waals surface area (Å²) in [5, 5.41) is 9.11. The van der Waals surface area contributed by atoms with Crippen molar-refractivity contribution in [2.24, 2.45) is 0 Å². The highest BCUT2D eigenvalue weighted by molar-refractivity contribution is 5.72. The van der Waals surface area contributed by atoms with E-state index in [4.69, 9.17) is 9.84 Å². The Kier molecular flexibility index (Phi) is 7.19. The van der Waals surface area contributed by atoms with Crippen LogP contribution < -0.4 is 0 Å².